The second kappa shape index (κ2) is 7.93. The quantitative estimate of drug-likeness (QED) is 0.349. The molecule has 0 radical (unpaired) electrons. The Hall–Kier alpha value is -3.29. The molecule has 2 atom stereocenters. The predicted octanol–water partition coefficient (Wildman–Crippen LogP) is 6.35. The maximum atomic E-state index is 15.2. The minimum absolute atomic E-state index is 0.314. The fraction of sp³-hybridized carbons (Fsp3) is 0.120. The lowest BCUT2D eigenvalue weighted by atomic mass is 9.84. The normalized spacial score (nSPS) is 18.6. The van der Waals surface area contributed by atoms with Crippen LogP contribution in [0.3, 0.4) is 0 Å². The molecule has 3 heterocycles. The molecule has 33 heavy (non-hydrogen) atoms. The number of benzene rings is 3. The summed E-state index contributed by atoms with van der Waals surface area (Å²) in [4.78, 5) is 5.53. The Bertz CT molecular complexity index is 1400. The SMILES string of the molecule is CSc1ccc([C@@H]2Oc3ccc(Cl)cc3C3=C2[C@H](c2ccccc2F)n2ncnc2N3)cc1. The molecule has 0 bridgehead atoms. The first-order chi connectivity index (χ1) is 16.1. The fourth-order valence-electron chi connectivity index (χ4n) is 4.49. The van der Waals surface area contributed by atoms with Crippen LogP contribution in [0, 0.1) is 5.82 Å². The van der Waals surface area contributed by atoms with Crippen molar-refractivity contribution < 1.29 is 9.13 Å². The number of anilines is 1. The van der Waals surface area contributed by atoms with Gasteiger partial charge in [-0.1, -0.05) is 41.9 Å². The van der Waals surface area contributed by atoms with Gasteiger partial charge in [-0.05, 0) is 48.2 Å². The number of thioether (sulfide) groups is 1. The minimum Gasteiger partial charge on any atom is -0.480 e. The molecule has 0 amide bonds. The molecular formula is C25H18ClFN4OS. The lowest BCUT2D eigenvalue weighted by molar-refractivity contribution is 0.222. The zero-order valence-electron chi connectivity index (χ0n) is 17.5. The number of aromatic nitrogens is 3. The van der Waals surface area contributed by atoms with Gasteiger partial charge in [-0.15, -0.1) is 11.8 Å². The van der Waals surface area contributed by atoms with Crippen molar-refractivity contribution in [2.75, 3.05) is 11.6 Å². The van der Waals surface area contributed by atoms with E-state index in [0.717, 1.165) is 27.3 Å². The molecule has 0 aliphatic carbocycles. The molecular weight excluding hydrogens is 459 g/mol. The summed E-state index contributed by atoms with van der Waals surface area (Å²) in [6.07, 6.45) is 3.05. The monoisotopic (exact) mass is 476 g/mol. The highest BCUT2D eigenvalue weighted by Gasteiger charge is 2.41. The molecule has 3 aromatic carbocycles. The highest BCUT2D eigenvalue weighted by molar-refractivity contribution is 7.98. The first-order valence-corrected chi connectivity index (χ1v) is 12.0. The van der Waals surface area contributed by atoms with E-state index in [4.69, 9.17) is 16.3 Å². The minimum atomic E-state index is -0.544. The van der Waals surface area contributed by atoms with Crippen LogP contribution in [-0.4, -0.2) is 21.0 Å². The van der Waals surface area contributed by atoms with Crippen LogP contribution in [0.2, 0.25) is 5.02 Å². The molecule has 0 unspecified atom stereocenters. The van der Waals surface area contributed by atoms with E-state index in [-0.39, 0.29) is 5.82 Å². The molecule has 5 nitrogen and oxygen atoms in total. The van der Waals surface area contributed by atoms with Gasteiger partial charge in [-0.3, -0.25) is 0 Å². The Morgan fingerprint density at radius 1 is 1.09 bits per heavy atom. The van der Waals surface area contributed by atoms with Gasteiger partial charge in [0.05, 0.1) is 5.70 Å². The van der Waals surface area contributed by atoms with E-state index in [0.29, 0.717) is 22.3 Å². The van der Waals surface area contributed by atoms with Gasteiger partial charge in [0.2, 0.25) is 5.95 Å². The van der Waals surface area contributed by atoms with Crippen LogP contribution in [0.25, 0.3) is 5.70 Å². The summed E-state index contributed by atoms with van der Waals surface area (Å²) < 4.78 is 23.4. The van der Waals surface area contributed by atoms with E-state index < -0.39 is 12.1 Å². The standard InChI is InChI=1S/C25H18ClFN4OS/c1-33-16-9-6-14(7-10-16)24-21-22(18-12-15(26)8-11-20(18)32-24)30-25-28-13-29-31(25)23(21)17-4-2-3-5-19(17)27/h2-13,23-24H,1H3,(H,28,29,30)/t23-,24-/m0/s1. The topological polar surface area (TPSA) is 52.0 Å². The van der Waals surface area contributed by atoms with Gasteiger partial charge >= 0.3 is 0 Å². The smallest absolute Gasteiger partial charge is 0.226 e. The molecule has 6 rings (SSSR count). The lowest BCUT2D eigenvalue weighted by Gasteiger charge is -2.39. The zero-order valence-corrected chi connectivity index (χ0v) is 19.1. The summed E-state index contributed by atoms with van der Waals surface area (Å²) >= 11 is 8.03. The summed E-state index contributed by atoms with van der Waals surface area (Å²) in [6.45, 7) is 0. The summed E-state index contributed by atoms with van der Waals surface area (Å²) in [5.74, 6) is 0.919. The van der Waals surface area contributed by atoms with Gasteiger partial charge in [-0.2, -0.15) is 10.1 Å². The van der Waals surface area contributed by atoms with Crippen LogP contribution in [0.15, 0.2) is 83.5 Å². The van der Waals surface area contributed by atoms with Crippen LogP contribution in [0.1, 0.15) is 28.8 Å². The van der Waals surface area contributed by atoms with Crippen LogP contribution in [0.5, 0.6) is 5.75 Å². The van der Waals surface area contributed by atoms with Crippen LogP contribution in [0.4, 0.5) is 10.3 Å². The first-order valence-electron chi connectivity index (χ1n) is 10.4. The van der Waals surface area contributed by atoms with E-state index in [2.05, 4.69) is 39.7 Å². The molecule has 0 saturated carbocycles. The number of hydrogen-bond donors (Lipinski definition) is 1. The van der Waals surface area contributed by atoms with Crippen molar-refractivity contribution in [2.24, 2.45) is 0 Å². The highest BCUT2D eigenvalue weighted by atomic mass is 35.5. The summed E-state index contributed by atoms with van der Waals surface area (Å²) in [7, 11) is 0. The van der Waals surface area contributed by atoms with Gasteiger partial charge in [-0.25, -0.2) is 9.07 Å². The third kappa shape index (κ3) is 3.31. The average molecular weight is 477 g/mol. The second-order valence-corrected chi connectivity index (χ2v) is 9.14. The lowest BCUT2D eigenvalue weighted by Crippen LogP contribution is -2.32. The number of halogens is 2. The Labute approximate surface area is 199 Å². The Morgan fingerprint density at radius 2 is 1.91 bits per heavy atom. The van der Waals surface area contributed by atoms with Crippen molar-refractivity contribution in [3.8, 4) is 5.75 Å². The van der Waals surface area contributed by atoms with Crippen molar-refractivity contribution in [1.29, 1.82) is 0 Å². The van der Waals surface area contributed by atoms with Gasteiger partial charge in [0.15, 0.2) is 0 Å². The van der Waals surface area contributed by atoms with Crippen LogP contribution in [-0.2, 0) is 0 Å². The van der Waals surface area contributed by atoms with Crippen LogP contribution >= 0.6 is 23.4 Å². The summed E-state index contributed by atoms with van der Waals surface area (Å²) in [5, 5.41) is 8.43. The number of nitrogens with one attached hydrogen (secondary N) is 1. The molecule has 2 aliphatic heterocycles. The van der Waals surface area contributed by atoms with E-state index in [1.54, 1.807) is 34.6 Å². The van der Waals surface area contributed by atoms with Crippen molar-refractivity contribution in [2.45, 2.75) is 17.0 Å². The Morgan fingerprint density at radius 3 is 2.70 bits per heavy atom. The van der Waals surface area contributed by atoms with Gasteiger partial charge in [0.1, 0.15) is 30.0 Å². The molecule has 8 heteroatoms. The molecule has 1 aromatic heterocycles. The number of nitrogens with zero attached hydrogens (tertiary/aromatic N) is 3. The number of fused-ring (bicyclic) bond motifs is 3. The van der Waals surface area contributed by atoms with E-state index in [9.17, 15) is 0 Å². The highest BCUT2D eigenvalue weighted by Crippen LogP contribution is 2.51. The molecule has 0 fully saturated rings. The number of rotatable bonds is 3. The van der Waals surface area contributed by atoms with Crippen molar-refractivity contribution >= 4 is 35.0 Å². The van der Waals surface area contributed by atoms with E-state index in [1.165, 1.54) is 12.4 Å². The molecule has 2 aliphatic rings. The van der Waals surface area contributed by atoms with Crippen molar-refractivity contribution in [3.63, 3.8) is 0 Å². The Balaban J connectivity index is 1.63. The predicted molar refractivity (Wildman–Crippen MR) is 128 cm³/mol. The second-order valence-electron chi connectivity index (χ2n) is 7.82. The molecule has 1 N–H and O–H groups in total. The maximum absolute atomic E-state index is 15.2. The number of hydrogen-bond acceptors (Lipinski definition) is 5. The van der Waals surface area contributed by atoms with E-state index in [1.807, 2.05) is 24.5 Å². The average Bonchev–Trinajstić information content (AvgIpc) is 3.31. The molecule has 4 aromatic rings. The third-order valence-electron chi connectivity index (χ3n) is 5.99. The summed E-state index contributed by atoms with van der Waals surface area (Å²) in [5.41, 5.74) is 3.94. The Kier molecular flexibility index (Phi) is 4.89. The third-order valence-corrected chi connectivity index (χ3v) is 6.97. The largest absolute Gasteiger partial charge is 0.480 e. The van der Waals surface area contributed by atoms with Gasteiger partial charge in [0, 0.05) is 26.6 Å². The van der Waals surface area contributed by atoms with E-state index >= 15 is 4.39 Å². The van der Waals surface area contributed by atoms with Crippen molar-refractivity contribution in [1.82, 2.24) is 14.8 Å². The maximum Gasteiger partial charge on any atom is 0.226 e. The first kappa shape index (κ1) is 20.3. The summed E-state index contributed by atoms with van der Waals surface area (Å²) in [6, 6.07) is 20.0. The molecule has 164 valence electrons. The fourth-order valence-corrected chi connectivity index (χ4v) is 5.07. The number of ether oxygens (including phenoxy) is 1. The van der Waals surface area contributed by atoms with Crippen molar-refractivity contribution in [3.05, 3.63) is 106 Å². The molecule has 0 saturated heterocycles. The van der Waals surface area contributed by atoms with Gasteiger partial charge in [0.25, 0.3) is 0 Å². The molecule has 0 spiro atoms. The zero-order chi connectivity index (χ0) is 22.5. The van der Waals surface area contributed by atoms with Gasteiger partial charge < -0.3 is 10.1 Å². The van der Waals surface area contributed by atoms with Crippen LogP contribution < -0.4 is 10.1 Å².